The lowest BCUT2D eigenvalue weighted by molar-refractivity contribution is -0.109. The smallest absolute Gasteiger partial charge is 0.138 e. The maximum Gasteiger partial charge on any atom is 0.138 e. The second-order valence-corrected chi connectivity index (χ2v) is 6.56. The van der Waals surface area contributed by atoms with Crippen molar-refractivity contribution >= 4 is 18.0 Å². The number of thioether (sulfide) groups is 1. The Morgan fingerprint density at radius 2 is 1.81 bits per heavy atom. The van der Waals surface area contributed by atoms with Gasteiger partial charge in [-0.25, -0.2) is 0 Å². The first-order chi connectivity index (χ1) is 10.3. The molecule has 0 saturated carbocycles. The number of hydrogen-bond acceptors (Lipinski definition) is 3. The topological polar surface area (TPSA) is 29.1 Å². The van der Waals surface area contributed by atoms with Crippen molar-refractivity contribution in [3.05, 3.63) is 65.7 Å². The maximum absolute atomic E-state index is 11.5. The summed E-state index contributed by atoms with van der Waals surface area (Å²) >= 11 is 1.82. The second kappa shape index (κ2) is 6.46. The Labute approximate surface area is 130 Å². The van der Waals surface area contributed by atoms with Crippen LogP contribution in [0.1, 0.15) is 30.5 Å². The lowest BCUT2D eigenvalue weighted by atomic mass is 9.97. The van der Waals surface area contributed by atoms with E-state index in [9.17, 15) is 4.79 Å². The van der Waals surface area contributed by atoms with E-state index in [1.54, 1.807) is 0 Å². The monoisotopic (exact) mass is 297 g/mol. The summed E-state index contributed by atoms with van der Waals surface area (Å²) < 4.78 is 0. The van der Waals surface area contributed by atoms with E-state index in [-0.39, 0.29) is 17.3 Å². The highest BCUT2D eigenvalue weighted by molar-refractivity contribution is 8.00. The van der Waals surface area contributed by atoms with E-state index < -0.39 is 0 Å². The predicted octanol–water partition coefficient (Wildman–Crippen LogP) is 3.82. The molecule has 0 saturated heterocycles. The molecule has 21 heavy (non-hydrogen) atoms. The third kappa shape index (κ3) is 2.89. The van der Waals surface area contributed by atoms with Gasteiger partial charge in [0.15, 0.2) is 0 Å². The van der Waals surface area contributed by atoms with Crippen molar-refractivity contribution < 1.29 is 4.79 Å². The third-order valence-corrected chi connectivity index (χ3v) is 5.50. The van der Waals surface area contributed by atoms with E-state index in [2.05, 4.69) is 48.6 Å². The summed E-state index contributed by atoms with van der Waals surface area (Å²) in [6.07, 6.45) is 2.03. The molecule has 1 aliphatic heterocycles. The van der Waals surface area contributed by atoms with Crippen LogP contribution in [0.5, 0.6) is 0 Å². The molecule has 0 fully saturated rings. The molecule has 0 bridgehead atoms. The number of carbonyl (C=O) groups excluding carboxylic acids is 1. The van der Waals surface area contributed by atoms with Crippen LogP contribution >= 0.6 is 11.8 Å². The zero-order valence-electron chi connectivity index (χ0n) is 12.0. The summed E-state index contributed by atoms with van der Waals surface area (Å²) in [6.45, 7) is 2.14. The molecule has 1 N–H and O–H groups in total. The van der Waals surface area contributed by atoms with E-state index in [0.717, 1.165) is 12.7 Å². The lowest BCUT2D eigenvalue weighted by Crippen LogP contribution is -2.40. The first-order valence-corrected chi connectivity index (χ1v) is 8.23. The Hall–Kier alpha value is -1.58. The molecule has 0 spiro atoms. The van der Waals surface area contributed by atoms with Crippen molar-refractivity contribution in [1.29, 1.82) is 0 Å². The van der Waals surface area contributed by atoms with E-state index in [0.29, 0.717) is 0 Å². The zero-order valence-corrected chi connectivity index (χ0v) is 12.8. The molecule has 108 valence electrons. The predicted molar refractivity (Wildman–Crippen MR) is 87.7 cm³/mol. The number of aldehydes is 1. The van der Waals surface area contributed by atoms with E-state index in [4.69, 9.17) is 0 Å². The largest absolute Gasteiger partial charge is 0.302 e. The first kappa shape index (κ1) is 14.4. The maximum atomic E-state index is 11.5. The Balaban J connectivity index is 2.08. The molecule has 2 nitrogen and oxygen atoms in total. The van der Waals surface area contributed by atoms with Gasteiger partial charge in [-0.15, -0.1) is 11.8 Å². The molecule has 2 aromatic carbocycles. The Morgan fingerprint density at radius 1 is 1.10 bits per heavy atom. The van der Waals surface area contributed by atoms with Crippen LogP contribution in [0.25, 0.3) is 0 Å². The first-order valence-electron chi connectivity index (χ1n) is 7.35. The standard InChI is InChI=1S/C18H19NOS/c1-2-16-15(12-20)19-18(13-8-4-3-5-9-13)14-10-6-7-11-17(14)21-16/h3-12,15-16,18-19H,2H2,1H3/t15-,16+,18?/m0/s1. The molecule has 0 amide bonds. The quantitative estimate of drug-likeness (QED) is 0.873. The highest BCUT2D eigenvalue weighted by Gasteiger charge is 2.30. The van der Waals surface area contributed by atoms with E-state index >= 15 is 0 Å². The fraction of sp³-hybridized carbons (Fsp3) is 0.278. The number of hydrogen-bond donors (Lipinski definition) is 1. The number of fused-ring (bicyclic) bond motifs is 1. The van der Waals surface area contributed by atoms with Crippen LogP contribution in [-0.4, -0.2) is 17.6 Å². The van der Waals surface area contributed by atoms with Crippen LogP contribution in [0.2, 0.25) is 0 Å². The minimum absolute atomic E-state index is 0.0710. The van der Waals surface area contributed by atoms with Gasteiger partial charge >= 0.3 is 0 Å². The van der Waals surface area contributed by atoms with Gasteiger partial charge in [-0.3, -0.25) is 5.32 Å². The Morgan fingerprint density at radius 3 is 2.52 bits per heavy atom. The SMILES string of the molecule is CC[C@H]1Sc2ccccc2C(c2ccccc2)N[C@H]1C=O. The minimum Gasteiger partial charge on any atom is -0.302 e. The van der Waals surface area contributed by atoms with Crippen molar-refractivity contribution in [3.8, 4) is 0 Å². The van der Waals surface area contributed by atoms with Gasteiger partial charge in [0, 0.05) is 10.1 Å². The number of nitrogens with one attached hydrogen (secondary N) is 1. The summed E-state index contributed by atoms with van der Waals surface area (Å²) in [6, 6.07) is 18.8. The molecule has 1 aliphatic rings. The van der Waals surface area contributed by atoms with Crippen LogP contribution in [0.4, 0.5) is 0 Å². The van der Waals surface area contributed by atoms with Gasteiger partial charge in [0.25, 0.3) is 0 Å². The summed E-state index contributed by atoms with van der Waals surface area (Å²) in [5.74, 6) is 0. The van der Waals surface area contributed by atoms with Crippen molar-refractivity contribution in [3.63, 3.8) is 0 Å². The van der Waals surface area contributed by atoms with Gasteiger partial charge in [0.1, 0.15) is 6.29 Å². The van der Waals surface area contributed by atoms with Gasteiger partial charge in [-0.05, 0) is 23.6 Å². The summed E-state index contributed by atoms with van der Waals surface area (Å²) in [5.41, 5.74) is 2.46. The average molecular weight is 297 g/mol. The van der Waals surface area contributed by atoms with Crippen LogP contribution < -0.4 is 5.32 Å². The van der Waals surface area contributed by atoms with E-state index in [1.807, 2.05) is 30.0 Å². The minimum atomic E-state index is -0.127. The van der Waals surface area contributed by atoms with Crippen molar-refractivity contribution in [1.82, 2.24) is 5.32 Å². The molecule has 0 aliphatic carbocycles. The number of benzene rings is 2. The number of rotatable bonds is 3. The van der Waals surface area contributed by atoms with Crippen LogP contribution in [-0.2, 0) is 4.79 Å². The third-order valence-electron chi connectivity index (χ3n) is 3.95. The molecule has 2 aromatic rings. The Bertz CT molecular complexity index is 614. The van der Waals surface area contributed by atoms with Crippen molar-refractivity contribution in [2.24, 2.45) is 0 Å². The molecule has 3 rings (SSSR count). The molecule has 1 unspecified atom stereocenters. The summed E-state index contributed by atoms with van der Waals surface area (Å²) in [5, 5.41) is 3.83. The number of carbonyl (C=O) groups is 1. The van der Waals surface area contributed by atoms with E-state index in [1.165, 1.54) is 16.0 Å². The molecule has 0 radical (unpaired) electrons. The van der Waals surface area contributed by atoms with Crippen molar-refractivity contribution in [2.75, 3.05) is 0 Å². The molecule has 1 heterocycles. The average Bonchev–Trinajstić information content (AvgIpc) is 2.72. The summed E-state index contributed by atoms with van der Waals surface area (Å²) in [4.78, 5) is 12.8. The fourth-order valence-electron chi connectivity index (χ4n) is 2.84. The van der Waals surface area contributed by atoms with Gasteiger partial charge in [-0.2, -0.15) is 0 Å². The molecule has 3 atom stereocenters. The van der Waals surface area contributed by atoms with Crippen molar-refractivity contribution in [2.45, 2.75) is 35.6 Å². The van der Waals surface area contributed by atoms with Gasteiger partial charge in [-0.1, -0.05) is 55.5 Å². The Kier molecular flexibility index (Phi) is 4.42. The highest BCUT2D eigenvalue weighted by atomic mass is 32.2. The van der Waals surface area contributed by atoms with Gasteiger partial charge < -0.3 is 4.79 Å². The second-order valence-electron chi connectivity index (χ2n) is 5.27. The summed E-state index contributed by atoms with van der Waals surface area (Å²) in [7, 11) is 0. The fourth-order valence-corrected chi connectivity index (χ4v) is 4.10. The zero-order chi connectivity index (χ0) is 14.7. The lowest BCUT2D eigenvalue weighted by Gasteiger charge is -2.23. The molecule has 0 aromatic heterocycles. The van der Waals surface area contributed by atoms with Crippen LogP contribution in [0, 0.1) is 0 Å². The van der Waals surface area contributed by atoms with Gasteiger partial charge in [0.05, 0.1) is 12.1 Å². The van der Waals surface area contributed by atoms with Crippen LogP contribution in [0.3, 0.4) is 0 Å². The highest BCUT2D eigenvalue weighted by Crippen LogP contribution is 2.38. The normalized spacial score (nSPS) is 24.9. The molecular formula is C18H19NOS. The van der Waals surface area contributed by atoms with Gasteiger partial charge in [0.2, 0.25) is 0 Å². The molecule has 3 heteroatoms. The van der Waals surface area contributed by atoms with Crippen LogP contribution in [0.15, 0.2) is 59.5 Å². The molecular weight excluding hydrogens is 278 g/mol.